The first-order valence-electron chi connectivity index (χ1n) is 18.3. The summed E-state index contributed by atoms with van der Waals surface area (Å²) in [5.41, 5.74) is 11.0. The van der Waals surface area contributed by atoms with Gasteiger partial charge in [-0.3, -0.25) is 9.55 Å². The van der Waals surface area contributed by atoms with Gasteiger partial charge in [-0.2, -0.15) is 0 Å². The van der Waals surface area contributed by atoms with E-state index in [0.29, 0.717) is 17.5 Å². The Morgan fingerprint density at radius 2 is 0.982 bits per heavy atom. The zero-order chi connectivity index (χ0) is 36.6. The first kappa shape index (κ1) is 32.1. The molecule has 0 fully saturated rings. The fourth-order valence-electron chi connectivity index (χ4n) is 7.25. The molecule has 10 rings (SSSR count). The van der Waals surface area contributed by atoms with Gasteiger partial charge in [0.15, 0.2) is 23.3 Å². The minimum Gasteiger partial charge on any atom is -0.291 e. The number of hydrogen-bond acceptors (Lipinski definition) is 5. The van der Waals surface area contributed by atoms with Gasteiger partial charge < -0.3 is 0 Å². The van der Waals surface area contributed by atoms with E-state index in [1.807, 2.05) is 97.2 Å². The molecule has 3 aromatic heterocycles. The second kappa shape index (κ2) is 13.8. The van der Waals surface area contributed by atoms with E-state index in [1.54, 1.807) is 0 Å². The van der Waals surface area contributed by atoms with Crippen LogP contribution in [0.2, 0.25) is 0 Å². The number of para-hydroxylation sites is 2. The summed E-state index contributed by atoms with van der Waals surface area (Å²) in [6, 6.07) is 64.6. The van der Waals surface area contributed by atoms with Crippen LogP contribution in [0.4, 0.5) is 0 Å². The smallest absolute Gasteiger partial charge is 0.164 e. The van der Waals surface area contributed by atoms with Crippen LogP contribution in [0.5, 0.6) is 0 Å². The molecule has 0 radical (unpaired) electrons. The highest BCUT2D eigenvalue weighted by Gasteiger charge is 2.18. The third-order valence-electron chi connectivity index (χ3n) is 9.89. The molecule has 0 saturated heterocycles. The van der Waals surface area contributed by atoms with E-state index in [4.69, 9.17) is 19.9 Å². The molecular formula is C49H32N6. The van der Waals surface area contributed by atoms with E-state index in [1.165, 1.54) is 0 Å². The average Bonchev–Trinajstić information content (AvgIpc) is 3.67. The van der Waals surface area contributed by atoms with Crippen molar-refractivity contribution >= 4 is 21.8 Å². The minimum absolute atomic E-state index is 0.630. The van der Waals surface area contributed by atoms with Gasteiger partial charge in [-0.05, 0) is 87.6 Å². The normalized spacial score (nSPS) is 11.3. The summed E-state index contributed by atoms with van der Waals surface area (Å²) < 4.78 is 2.20. The summed E-state index contributed by atoms with van der Waals surface area (Å²) in [7, 11) is 0. The lowest BCUT2D eigenvalue weighted by Crippen LogP contribution is -2.00. The van der Waals surface area contributed by atoms with Crippen LogP contribution >= 0.6 is 0 Å². The molecule has 10 aromatic rings. The predicted molar refractivity (Wildman–Crippen MR) is 222 cm³/mol. The molecule has 0 amide bonds. The lowest BCUT2D eigenvalue weighted by atomic mass is 9.94. The third-order valence-corrected chi connectivity index (χ3v) is 9.89. The monoisotopic (exact) mass is 704 g/mol. The number of benzene rings is 7. The van der Waals surface area contributed by atoms with Crippen LogP contribution in [0.15, 0.2) is 194 Å². The van der Waals surface area contributed by atoms with Gasteiger partial charge in [0.25, 0.3) is 0 Å². The molecule has 0 aliphatic heterocycles. The summed E-state index contributed by atoms with van der Waals surface area (Å²) in [5, 5.41) is 2.19. The molecular weight excluding hydrogens is 673 g/mol. The Balaban J connectivity index is 1.10. The number of imidazole rings is 1. The fourth-order valence-corrected chi connectivity index (χ4v) is 7.25. The Morgan fingerprint density at radius 1 is 0.382 bits per heavy atom. The van der Waals surface area contributed by atoms with E-state index >= 15 is 0 Å². The maximum atomic E-state index is 5.10. The zero-order valence-corrected chi connectivity index (χ0v) is 29.7. The minimum atomic E-state index is 0.630. The molecule has 6 heteroatoms. The van der Waals surface area contributed by atoms with Gasteiger partial charge in [0.1, 0.15) is 5.69 Å². The quantitative estimate of drug-likeness (QED) is 0.165. The number of fused-ring (bicyclic) bond motifs is 2. The van der Waals surface area contributed by atoms with Gasteiger partial charge >= 0.3 is 0 Å². The van der Waals surface area contributed by atoms with Gasteiger partial charge in [0.05, 0.1) is 11.0 Å². The van der Waals surface area contributed by atoms with E-state index in [9.17, 15) is 0 Å². The predicted octanol–water partition coefficient (Wildman–Crippen LogP) is 11.8. The molecule has 0 aliphatic rings. The van der Waals surface area contributed by atoms with E-state index in [2.05, 4.69) is 107 Å². The van der Waals surface area contributed by atoms with Crippen LogP contribution in [0.25, 0.3) is 95.4 Å². The van der Waals surface area contributed by atoms with Crippen molar-refractivity contribution in [1.82, 2.24) is 29.5 Å². The lowest BCUT2D eigenvalue weighted by molar-refractivity contribution is 1.08. The first-order valence-corrected chi connectivity index (χ1v) is 18.3. The molecule has 0 bridgehead atoms. The van der Waals surface area contributed by atoms with Gasteiger partial charge in [0.2, 0.25) is 0 Å². The largest absolute Gasteiger partial charge is 0.291 e. The van der Waals surface area contributed by atoms with Crippen molar-refractivity contribution in [2.75, 3.05) is 0 Å². The second-order valence-corrected chi connectivity index (χ2v) is 13.4. The highest BCUT2D eigenvalue weighted by atomic mass is 15.1. The number of hydrogen-bond donors (Lipinski definition) is 0. The van der Waals surface area contributed by atoms with Crippen molar-refractivity contribution in [3.05, 3.63) is 194 Å². The Labute approximate surface area is 318 Å². The highest BCUT2D eigenvalue weighted by molar-refractivity contribution is 5.99. The zero-order valence-electron chi connectivity index (χ0n) is 29.7. The summed E-state index contributed by atoms with van der Waals surface area (Å²) in [4.78, 5) is 24.8. The Bertz CT molecular complexity index is 2920. The van der Waals surface area contributed by atoms with Crippen molar-refractivity contribution in [1.29, 1.82) is 0 Å². The Hall–Kier alpha value is -7.57. The highest BCUT2D eigenvalue weighted by Crippen LogP contribution is 2.36. The van der Waals surface area contributed by atoms with Crippen LogP contribution < -0.4 is 0 Å². The van der Waals surface area contributed by atoms with Gasteiger partial charge in [-0.25, -0.2) is 19.9 Å². The molecule has 0 atom stereocenters. The SMILES string of the molecule is c1ccc(-c2nc(-c3ccccc3)nc(-c3cc(-c4cccc(-c5cccc(-n6c(-c7ccccn7)nc7ccccc76)c5)c4)cc4ccccc34)n2)cc1. The van der Waals surface area contributed by atoms with Crippen molar-refractivity contribution < 1.29 is 0 Å². The molecule has 3 heterocycles. The number of nitrogens with zero attached hydrogens (tertiary/aromatic N) is 6. The third kappa shape index (κ3) is 6.11. The molecule has 0 saturated carbocycles. The van der Waals surface area contributed by atoms with Crippen LogP contribution in [0, 0.1) is 0 Å². The van der Waals surface area contributed by atoms with Gasteiger partial charge in [0, 0.05) is 28.6 Å². The molecule has 0 spiro atoms. The van der Waals surface area contributed by atoms with Crippen LogP contribution in [-0.2, 0) is 0 Å². The summed E-state index contributed by atoms with van der Waals surface area (Å²) in [6.45, 7) is 0. The summed E-state index contributed by atoms with van der Waals surface area (Å²) >= 11 is 0. The fraction of sp³-hybridized carbons (Fsp3) is 0. The van der Waals surface area contributed by atoms with E-state index < -0.39 is 0 Å². The van der Waals surface area contributed by atoms with Gasteiger partial charge in [-0.15, -0.1) is 0 Å². The van der Waals surface area contributed by atoms with Crippen LogP contribution in [0.3, 0.4) is 0 Å². The lowest BCUT2D eigenvalue weighted by Gasteiger charge is -2.14. The standard InChI is InChI=1S/C49H32N6/c1-3-15-33(16-4-1)46-52-47(34-17-5-2-6-18-34)54-48(53-46)42-32-39(30-38-19-7-8-24-41(38)42)36-21-13-20-35(29-36)37-22-14-23-40(31-37)55-45-27-10-9-25-43(45)51-49(55)44-26-11-12-28-50-44/h1-32H. The number of aromatic nitrogens is 6. The van der Waals surface area contributed by atoms with Crippen molar-refractivity contribution in [3.8, 4) is 73.6 Å². The van der Waals surface area contributed by atoms with E-state index in [0.717, 1.165) is 78.0 Å². The molecule has 55 heavy (non-hydrogen) atoms. The van der Waals surface area contributed by atoms with Crippen molar-refractivity contribution in [3.63, 3.8) is 0 Å². The first-order chi connectivity index (χ1) is 27.2. The van der Waals surface area contributed by atoms with E-state index in [-0.39, 0.29) is 0 Å². The average molecular weight is 705 g/mol. The van der Waals surface area contributed by atoms with Crippen molar-refractivity contribution in [2.24, 2.45) is 0 Å². The summed E-state index contributed by atoms with van der Waals surface area (Å²) in [6.07, 6.45) is 1.81. The Morgan fingerprint density at radius 3 is 1.73 bits per heavy atom. The van der Waals surface area contributed by atoms with Gasteiger partial charge in [-0.1, -0.05) is 133 Å². The molecule has 0 unspecified atom stereocenters. The number of rotatable bonds is 7. The van der Waals surface area contributed by atoms with Crippen LogP contribution in [-0.4, -0.2) is 29.5 Å². The maximum Gasteiger partial charge on any atom is 0.164 e. The second-order valence-electron chi connectivity index (χ2n) is 13.4. The van der Waals surface area contributed by atoms with Crippen LogP contribution in [0.1, 0.15) is 0 Å². The summed E-state index contributed by atoms with van der Waals surface area (Å²) in [5.74, 6) is 2.71. The maximum absolute atomic E-state index is 5.10. The molecule has 258 valence electrons. The molecule has 0 N–H and O–H groups in total. The Kier molecular flexibility index (Phi) is 8.04. The number of pyridine rings is 1. The molecule has 6 nitrogen and oxygen atoms in total. The topological polar surface area (TPSA) is 69.4 Å². The molecule has 7 aromatic carbocycles. The molecule has 0 aliphatic carbocycles. The van der Waals surface area contributed by atoms with Crippen molar-refractivity contribution in [2.45, 2.75) is 0 Å².